The van der Waals surface area contributed by atoms with E-state index < -0.39 is 0 Å². The molecule has 1 saturated heterocycles. The van der Waals surface area contributed by atoms with E-state index in [0.717, 1.165) is 12.8 Å². The molecule has 27 heavy (non-hydrogen) atoms. The zero-order chi connectivity index (χ0) is 18.8. The van der Waals surface area contributed by atoms with Crippen molar-refractivity contribution in [3.05, 3.63) is 65.5 Å². The Kier molecular flexibility index (Phi) is 4.58. The van der Waals surface area contributed by atoms with Gasteiger partial charge in [-0.3, -0.25) is 4.79 Å². The van der Waals surface area contributed by atoms with Crippen molar-refractivity contribution in [1.82, 2.24) is 25.1 Å². The van der Waals surface area contributed by atoms with E-state index in [-0.39, 0.29) is 11.7 Å². The molecule has 1 atom stereocenters. The third-order valence-corrected chi connectivity index (χ3v) is 5.16. The van der Waals surface area contributed by atoms with Crippen molar-refractivity contribution in [1.29, 1.82) is 0 Å². The molecule has 0 radical (unpaired) electrons. The quantitative estimate of drug-likeness (QED) is 0.773. The molecule has 1 aliphatic rings. The number of nitrogens with zero attached hydrogens (tertiary/aromatic N) is 5. The normalized spacial score (nSPS) is 17.1. The minimum Gasteiger partial charge on any atom is -0.507 e. The van der Waals surface area contributed by atoms with E-state index >= 15 is 0 Å². The molecule has 0 bridgehead atoms. The molecular weight excluding hydrogens is 342 g/mol. The van der Waals surface area contributed by atoms with Crippen LogP contribution in [0.4, 0.5) is 0 Å². The summed E-state index contributed by atoms with van der Waals surface area (Å²) < 4.78 is 1.43. The Hall–Kier alpha value is -3.22. The molecular formula is C20H21N5O2. The lowest BCUT2D eigenvalue weighted by atomic mass is 9.87. The van der Waals surface area contributed by atoms with Crippen LogP contribution in [0.25, 0.3) is 5.69 Å². The summed E-state index contributed by atoms with van der Waals surface area (Å²) in [4.78, 5) is 14.8. The SMILES string of the molecule is Cc1ccccc1C1CCCN(C(=O)c2ccc(-n3cnnn3)cc2O)C1. The predicted molar refractivity (Wildman–Crippen MR) is 99.9 cm³/mol. The van der Waals surface area contributed by atoms with Gasteiger partial charge in [-0.2, -0.15) is 0 Å². The van der Waals surface area contributed by atoms with Crippen molar-refractivity contribution in [3.63, 3.8) is 0 Å². The zero-order valence-electron chi connectivity index (χ0n) is 15.1. The molecule has 0 aliphatic carbocycles. The number of rotatable bonds is 3. The molecule has 0 spiro atoms. The van der Waals surface area contributed by atoms with Gasteiger partial charge in [0.1, 0.15) is 12.1 Å². The second-order valence-corrected chi connectivity index (χ2v) is 6.90. The first kappa shape index (κ1) is 17.2. The summed E-state index contributed by atoms with van der Waals surface area (Å²) in [5.41, 5.74) is 3.46. The number of carbonyl (C=O) groups excluding carboxylic acids is 1. The summed E-state index contributed by atoms with van der Waals surface area (Å²) in [5, 5.41) is 21.3. The van der Waals surface area contributed by atoms with Crippen molar-refractivity contribution < 1.29 is 9.90 Å². The van der Waals surface area contributed by atoms with E-state index in [2.05, 4.69) is 34.6 Å². The summed E-state index contributed by atoms with van der Waals surface area (Å²) in [6.45, 7) is 3.48. The van der Waals surface area contributed by atoms with Crippen LogP contribution in [0.2, 0.25) is 0 Å². The third-order valence-electron chi connectivity index (χ3n) is 5.16. The predicted octanol–water partition coefficient (Wildman–Crippen LogP) is 2.70. The number of hydrogen-bond acceptors (Lipinski definition) is 5. The van der Waals surface area contributed by atoms with Crippen LogP contribution >= 0.6 is 0 Å². The van der Waals surface area contributed by atoms with Gasteiger partial charge >= 0.3 is 0 Å². The van der Waals surface area contributed by atoms with Gasteiger partial charge in [0.05, 0.1) is 11.3 Å². The van der Waals surface area contributed by atoms with E-state index in [1.165, 1.54) is 28.2 Å². The molecule has 1 aromatic heterocycles. The number of amides is 1. The van der Waals surface area contributed by atoms with Crippen LogP contribution in [-0.2, 0) is 0 Å². The molecule has 7 nitrogen and oxygen atoms in total. The minimum atomic E-state index is -0.144. The fourth-order valence-electron chi connectivity index (χ4n) is 3.75. The fourth-order valence-corrected chi connectivity index (χ4v) is 3.75. The molecule has 2 aromatic carbocycles. The highest BCUT2D eigenvalue weighted by molar-refractivity contribution is 5.97. The van der Waals surface area contributed by atoms with Crippen molar-refractivity contribution >= 4 is 5.91 Å². The number of aryl methyl sites for hydroxylation is 1. The number of aromatic hydroxyl groups is 1. The standard InChI is InChI=1S/C20H21N5O2/c1-14-5-2-3-7-17(14)15-6-4-10-24(12-15)20(27)18-9-8-16(11-19(18)26)25-13-21-22-23-25/h2-3,5,7-9,11,13,15,26H,4,6,10,12H2,1H3. The van der Waals surface area contributed by atoms with Crippen LogP contribution in [0.5, 0.6) is 5.75 Å². The molecule has 138 valence electrons. The molecule has 1 amide bonds. The van der Waals surface area contributed by atoms with E-state index in [9.17, 15) is 9.90 Å². The van der Waals surface area contributed by atoms with Crippen LogP contribution in [0.15, 0.2) is 48.8 Å². The lowest BCUT2D eigenvalue weighted by Gasteiger charge is -2.34. The number of benzene rings is 2. The molecule has 7 heteroatoms. The topological polar surface area (TPSA) is 84.1 Å². The van der Waals surface area contributed by atoms with E-state index in [1.54, 1.807) is 12.1 Å². The lowest BCUT2D eigenvalue weighted by Crippen LogP contribution is -2.39. The Bertz CT molecular complexity index is 955. The Balaban J connectivity index is 1.55. The Morgan fingerprint density at radius 3 is 2.81 bits per heavy atom. The van der Waals surface area contributed by atoms with Gasteiger partial charge < -0.3 is 10.0 Å². The highest BCUT2D eigenvalue weighted by atomic mass is 16.3. The second-order valence-electron chi connectivity index (χ2n) is 6.90. The number of aromatic nitrogens is 4. The maximum absolute atomic E-state index is 13.0. The number of carbonyl (C=O) groups is 1. The van der Waals surface area contributed by atoms with Gasteiger partial charge in [-0.1, -0.05) is 24.3 Å². The monoisotopic (exact) mass is 363 g/mol. The van der Waals surface area contributed by atoms with E-state index in [0.29, 0.717) is 30.3 Å². The van der Waals surface area contributed by atoms with Crippen molar-refractivity contribution in [2.24, 2.45) is 0 Å². The van der Waals surface area contributed by atoms with Crippen LogP contribution < -0.4 is 0 Å². The number of piperidine rings is 1. The van der Waals surface area contributed by atoms with Gasteiger partial charge in [-0.15, -0.1) is 5.10 Å². The van der Waals surface area contributed by atoms with Crippen molar-refractivity contribution in [3.8, 4) is 11.4 Å². The number of hydrogen-bond donors (Lipinski definition) is 1. The van der Waals surface area contributed by atoms with Crippen LogP contribution in [0, 0.1) is 6.92 Å². The average molecular weight is 363 g/mol. The summed E-state index contributed by atoms with van der Waals surface area (Å²) >= 11 is 0. The largest absolute Gasteiger partial charge is 0.507 e. The molecule has 4 rings (SSSR count). The number of phenolic OH excluding ortho intramolecular Hbond substituents is 1. The Morgan fingerprint density at radius 2 is 2.07 bits per heavy atom. The van der Waals surface area contributed by atoms with Gasteiger partial charge in [0.2, 0.25) is 0 Å². The average Bonchev–Trinajstić information content (AvgIpc) is 3.23. The van der Waals surface area contributed by atoms with Gasteiger partial charge in [0.15, 0.2) is 0 Å². The maximum Gasteiger partial charge on any atom is 0.257 e. The fraction of sp³-hybridized carbons (Fsp3) is 0.300. The van der Waals surface area contributed by atoms with Crippen molar-refractivity contribution in [2.75, 3.05) is 13.1 Å². The molecule has 1 unspecified atom stereocenters. The Labute approximate surface area is 157 Å². The summed E-state index contributed by atoms with van der Waals surface area (Å²) in [6.07, 6.45) is 3.46. The smallest absolute Gasteiger partial charge is 0.257 e. The lowest BCUT2D eigenvalue weighted by molar-refractivity contribution is 0.0704. The molecule has 1 aliphatic heterocycles. The van der Waals surface area contributed by atoms with Gasteiger partial charge in [0, 0.05) is 25.1 Å². The third kappa shape index (κ3) is 3.40. The Morgan fingerprint density at radius 1 is 1.22 bits per heavy atom. The highest BCUT2D eigenvalue weighted by Gasteiger charge is 2.27. The molecule has 0 saturated carbocycles. The number of tetrazole rings is 1. The van der Waals surface area contributed by atoms with E-state index in [1.807, 2.05) is 17.0 Å². The second kappa shape index (κ2) is 7.19. The first-order chi connectivity index (χ1) is 13.1. The zero-order valence-corrected chi connectivity index (χ0v) is 15.1. The summed E-state index contributed by atoms with van der Waals surface area (Å²) in [6, 6.07) is 13.2. The number of phenols is 1. The number of likely N-dealkylation sites (tertiary alicyclic amines) is 1. The maximum atomic E-state index is 13.0. The van der Waals surface area contributed by atoms with Crippen LogP contribution in [0.3, 0.4) is 0 Å². The summed E-state index contributed by atoms with van der Waals surface area (Å²) in [7, 11) is 0. The molecule has 3 aromatic rings. The molecule has 1 fully saturated rings. The van der Waals surface area contributed by atoms with Gasteiger partial charge in [-0.25, -0.2) is 4.68 Å². The first-order valence-electron chi connectivity index (χ1n) is 9.04. The minimum absolute atomic E-state index is 0.0639. The highest BCUT2D eigenvalue weighted by Crippen LogP contribution is 2.31. The molecule has 2 heterocycles. The van der Waals surface area contributed by atoms with Gasteiger partial charge in [-0.05, 0) is 53.5 Å². The molecule has 1 N–H and O–H groups in total. The van der Waals surface area contributed by atoms with Gasteiger partial charge in [0.25, 0.3) is 5.91 Å². The van der Waals surface area contributed by atoms with Crippen molar-refractivity contribution in [2.45, 2.75) is 25.7 Å². The first-order valence-corrected chi connectivity index (χ1v) is 9.04. The van der Waals surface area contributed by atoms with E-state index in [4.69, 9.17) is 0 Å². The van der Waals surface area contributed by atoms with Crippen LogP contribution in [0.1, 0.15) is 40.2 Å². The van der Waals surface area contributed by atoms with Crippen LogP contribution in [-0.4, -0.2) is 49.2 Å². The summed E-state index contributed by atoms with van der Waals surface area (Å²) in [5.74, 6) is 0.117.